The minimum absolute atomic E-state index is 0.144. The first-order valence-corrected chi connectivity index (χ1v) is 8.40. The minimum Gasteiger partial charge on any atom is -0.406 e. The van der Waals surface area contributed by atoms with E-state index in [1.54, 1.807) is 0 Å². The normalized spacial score (nSPS) is 13.0. The maximum Gasteiger partial charge on any atom is 0.573 e. The second kappa shape index (κ2) is 8.20. The Morgan fingerprint density at radius 2 is 1.65 bits per heavy atom. The topological polar surface area (TPSA) is 94.8 Å². The summed E-state index contributed by atoms with van der Waals surface area (Å²) < 4.78 is 80.2. The van der Waals surface area contributed by atoms with Crippen molar-refractivity contribution in [3.63, 3.8) is 0 Å². The molecule has 31 heavy (non-hydrogen) atoms. The molecule has 0 radical (unpaired) electrons. The van der Waals surface area contributed by atoms with Gasteiger partial charge in [-0.25, -0.2) is 4.98 Å². The van der Waals surface area contributed by atoms with Gasteiger partial charge in [0.2, 0.25) is 0 Å². The van der Waals surface area contributed by atoms with Gasteiger partial charge in [-0.2, -0.15) is 23.4 Å². The number of nitrogens with one attached hydrogen (secondary N) is 1. The van der Waals surface area contributed by atoms with Crippen LogP contribution in [0.4, 0.5) is 26.3 Å². The summed E-state index contributed by atoms with van der Waals surface area (Å²) in [5, 5.41) is 10.2. The zero-order valence-electron chi connectivity index (χ0n) is 15.4. The van der Waals surface area contributed by atoms with E-state index in [2.05, 4.69) is 30.2 Å². The lowest BCUT2D eigenvalue weighted by molar-refractivity contribution is -0.274. The molecule has 3 rings (SSSR count). The zero-order valence-corrected chi connectivity index (χ0v) is 15.4. The molecule has 3 aromatic rings. The van der Waals surface area contributed by atoms with Crippen LogP contribution in [-0.2, 0) is 6.18 Å². The third-order valence-electron chi connectivity index (χ3n) is 3.80. The number of halogens is 6. The average molecular weight is 446 g/mol. The van der Waals surface area contributed by atoms with Crippen molar-refractivity contribution in [1.29, 1.82) is 0 Å². The van der Waals surface area contributed by atoms with E-state index in [1.165, 1.54) is 31.7 Å². The highest BCUT2D eigenvalue weighted by Gasteiger charge is 2.35. The molecule has 1 atom stereocenters. The van der Waals surface area contributed by atoms with Crippen LogP contribution in [0.1, 0.15) is 34.6 Å². The maximum absolute atomic E-state index is 13.1. The van der Waals surface area contributed by atoms with Crippen LogP contribution in [0.15, 0.2) is 43.0 Å². The van der Waals surface area contributed by atoms with Gasteiger partial charge in [0.1, 0.15) is 11.4 Å². The second-order valence-electron chi connectivity index (χ2n) is 6.07. The van der Waals surface area contributed by atoms with Crippen molar-refractivity contribution in [3.05, 3.63) is 59.8 Å². The number of benzene rings is 1. The number of nitrogens with zero attached hydrogens (tertiary/aromatic N) is 5. The third-order valence-corrected chi connectivity index (χ3v) is 3.80. The summed E-state index contributed by atoms with van der Waals surface area (Å²) in [6.45, 7) is 1.45. The summed E-state index contributed by atoms with van der Waals surface area (Å²) in [4.78, 5) is 21.8. The van der Waals surface area contributed by atoms with Gasteiger partial charge in [0, 0.05) is 18.0 Å². The van der Waals surface area contributed by atoms with Crippen molar-refractivity contribution in [2.45, 2.75) is 25.5 Å². The largest absolute Gasteiger partial charge is 0.573 e. The van der Waals surface area contributed by atoms with E-state index in [1.807, 2.05) is 0 Å². The van der Waals surface area contributed by atoms with E-state index < -0.39 is 41.4 Å². The van der Waals surface area contributed by atoms with Gasteiger partial charge in [0.25, 0.3) is 5.91 Å². The molecule has 1 N–H and O–H groups in total. The summed E-state index contributed by atoms with van der Waals surface area (Å²) in [5.41, 5.74) is -2.00. The SMILES string of the molecule is CC(NC(=O)c1cc(OC(F)(F)F)cc(C(F)(F)F)c1)c1nccnc1-n1nccn1. The van der Waals surface area contributed by atoms with Crippen molar-refractivity contribution in [2.75, 3.05) is 0 Å². The Morgan fingerprint density at radius 1 is 1.00 bits per heavy atom. The number of aromatic nitrogens is 5. The Bertz CT molecular complexity index is 1070. The maximum atomic E-state index is 13.1. The number of hydrogen-bond donors (Lipinski definition) is 1. The first-order valence-electron chi connectivity index (χ1n) is 8.40. The Labute approximate surface area is 169 Å². The van der Waals surface area contributed by atoms with Crippen molar-refractivity contribution in [1.82, 2.24) is 30.3 Å². The molecule has 0 aliphatic heterocycles. The van der Waals surface area contributed by atoms with Crippen LogP contribution in [0.2, 0.25) is 0 Å². The van der Waals surface area contributed by atoms with E-state index >= 15 is 0 Å². The van der Waals surface area contributed by atoms with E-state index in [0.29, 0.717) is 12.1 Å². The van der Waals surface area contributed by atoms with Gasteiger partial charge in [-0.3, -0.25) is 9.78 Å². The molecular weight excluding hydrogens is 434 g/mol. The molecular formula is C17H12F6N6O2. The molecule has 14 heteroatoms. The van der Waals surface area contributed by atoms with Gasteiger partial charge in [-0.1, -0.05) is 0 Å². The van der Waals surface area contributed by atoms with Crippen molar-refractivity contribution in [2.24, 2.45) is 0 Å². The first-order chi connectivity index (χ1) is 14.4. The number of amides is 1. The molecule has 1 unspecified atom stereocenters. The Hall–Kier alpha value is -3.71. The molecule has 0 fully saturated rings. The summed E-state index contributed by atoms with van der Waals surface area (Å²) >= 11 is 0. The smallest absolute Gasteiger partial charge is 0.406 e. The van der Waals surface area contributed by atoms with E-state index in [-0.39, 0.29) is 17.6 Å². The average Bonchev–Trinajstić information content (AvgIpc) is 3.20. The molecule has 0 aliphatic rings. The fraction of sp³-hybridized carbons (Fsp3) is 0.235. The molecule has 0 bridgehead atoms. The molecule has 164 valence electrons. The lowest BCUT2D eigenvalue weighted by Gasteiger charge is -2.17. The standard InChI is InChI=1S/C17H12F6N6O2/c1-9(13-14(25-3-2-24-13)29-26-4-5-27-29)28-15(30)10-6-11(16(18,19)20)8-12(7-10)31-17(21,22)23/h2-9H,1H3,(H,28,30). The summed E-state index contributed by atoms with van der Waals surface area (Å²) in [5.74, 6) is -2.12. The first kappa shape index (κ1) is 22.0. The Morgan fingerprint density at radius 3 is 2.26 bits per heavy atom. The zero-order chi connectivity index (χ0) is 22.8. The molecule has 2 aromatic heterocycles. The monoisotopic (exact) mass is 446 g/mol. The minimum atomic E-state index is -5.24. The fourth-order valence-corrected chi connectivity index (χ4v) is 2.56. The molecule has 0 spiro atoms. The van der Waals surface area contributed by atoms with E-state index in [9.17, 15) is 31.1 Å². The predicted molar refractivity (Wildman–Crippen MR) is 91.0 cm³/mol. The lowest BCUT2D eigenvalue weighted by atomic mass is 10.1. The van der Waals surface area contributed by atoms with Gasteiger partial charge in [0.05, 0.1) is 24.0 Å². The van der Waals surface area contributed by atoms with Crippen LogP contribution in [0.5, 0.6) is 5.75 Å². The number of carbonyl (C=O) groups excluding carboxylic acids is 1. The molecule has 8 nitrogen and oxygen atoms in total. The van der Waals surface area contributed by atoms with E-state index in [0.717, 1.165) is 4.80 Å². The van der Waals surface area contributed by atoms with Gasteiger partial charge in [-0.15, -0.1) is 18.0 Å². The van der Waals surface area contributed by atoms with Crippen molar-refractivity contribution < 1.29 is 35.9 Å². The van der Waals surface area contributed by atoms with Gasteiger partial charge >= 0.3 is 12.5 Å². The lowest BCUT2D eigenvalue weighted by Crippen LogP contribution is -2.29. The van der Waals surface area contributed by atoms with Crippen LogP contribution in [0.25, 0.3) is 5.82 Å². The fourth-order valence-electron chi connectivity index (χ4n) is 2.56. The van der Waals surface area contributed by atoms with E-state index in [4.69, 9.17) is 0 Å². The van der Waals surface area contributed by atoms with Gasteiger partial charge in [0.15, 0.2) is 5.82 Å². The summed E-state index contributed by atoms with van der Waals surface area (Å²) in [6, 6.07) is 0.205. The van der Waals surface area contributed by atoms with Crippen LogP contribution in [-0.4, -0.2) is 37.2 Å². The molecule has 1 aromatic carbocycles. The molecule has 1 amide bonds. The number of carbonyl (C=O) groups is 1. The predicted octanol–water partition coefficient (Wildman–Crippen LogP) is 3.47. The highest BCUT2D eigenvalue weighted by Crippen LogP contribution is 2.34. The molecule has 2 heterocycles. The van der Waals surface area contributed by atoms with Crippen LogP contribution >= 0.6 is 0 Å². The molecule has 0 saturated carbocycles. The van der Waals surface area contributed by atoms with Gasteiger partial charge in [-0.05, 0) is 25.1 Å². The Balaban J connectivity index is 1.91. The number of alkyl halides is 6. The third kappa shape index (κ3) is 5.46. The number of hydrogen-bond acceptors (Lipinski definition) is 6. The highest BCUT2D eigenvalue weighted by molar-refractivity contribution is 5.95. The molecule has 0 saturated heterocycles. The number of rotatable bonds is 5. The highest BCUT2D eigenvalue weighted by atomic mass is 19.4. The van der Waals surface area contributed by atoms with Crippen LogP contribution < -0.4 is 10.1 Å². The van der Waals surface area contributed by atoms with Crippen LogP contribution in [0, 0.1) is 0 Å². The van der Waals surface area contributed by atoms with Crippen molar-refractivity contribution in [3.8, 4) is 11.6 Å². The molecule has 0 aliphatic carbocycles. The van der Waals surface area contributed by atoms with Crippen molar-refractivity contribution >= 4 is 5.91 Å². The summed E-state index contributed by atoms with van der Waals surface area (Å²) in [7, 11) is 0. The van der Waals surface area contributed by atoms with Gasteiger partial charge < -0.3 is 10.1 Å². The Kier molecular flexibility index (Phi) is 5.81. The second-order valence-corrected chi connectivity index (χ2v) is 6.07. The quantitative estimate of drug-likeness (QED) is 0.604. The van der Waals surface area contributed by atoms with Crippen LogP contribution in [0.3, 0.4) is 0 Å². The number of ether oxygens (including phenoxy) is 1. The summed E-state index contributed by atoms with van der Waals surface area (Å²) in [6.07, 6.45) is -4.86.